The van der Waals surface area contributed by atoms with Gasteiger partial charge >= 0.3 is 6.18 Å². The van der Waals surface area contributed by atoms with E-state index in [1.807, 2.05) is 24.3 Å². The minimum atomic E-state index is -4.73. The number of halogens is 4. The second-order valence-electron chi connectivity index (χ2n) is 7.88. The molecule has 1 amide bonds. The fraction of sp³-hybridized carbons (Fsp3) is 0.250. The number of hydrogen-bond donors (Lipinski definition) is 1. The first-order chi connectivity index (χ1) is 16.4. The molecule has 0 unspecified atom stereocenters. The van der Waals surface area contributed by atoms with Crippen LogP contribution in [0.15, 0.2) is 67.0 Å². The summed E-state index contributed by atoms with van der Waals surface area (Å²) in [6.07, 6.45) is 0.396. The van der Waals surface area contributed by atoms with Gasteiger partial charge in [-0.1, -0.05) is 23.7 Å². The Balaban J connectivity index is 1.59. The van der Waals surface area contributed by atoms with E-state index in [2.05, 4.69) is 10.3 Å². The molecule has 35 heavy (non-hydrogen) atoms. The normalized spacial score (nSPS) is 11.8. The van der Waals surface area contributed by atoms with Crippen LogP contribution in [-0.2, 0) is 27.4 Å². The summed E-state index contributed by atoms with van der Waals surface area (Å²) in [6.45, 7) is -0.171. The number of sulfonamides is 1. The fourth-order valence-corrected chi connectivity index (χ4v) is 4.60. The Labute approximate surface area is 206 Å². The Morgan fingerprint density at radius 3 is 2.26 bits per heavy atom. The van der Waals surface area contributed by atoms with Crippen LogP contribution >= 0.6 is 11.6 Å². The largest absolute Gasteiger partial charge is 0.417 e. The summed E-state index contributed by atoms with van der Waals surface area (Å²) in [5.41, 5.74) is 1.44. The number of benzene rings is 2. The zero-order chi connectivity index (χ0) is 25.6. The van der Waals surface area contributed by atoms with Gasteiger partial charge in [-0.05, 0) is 66.4 Å². The summed E-state index contributed by atoms with van der Waals surface area (Å²) < 4.78 is 64.8. The summed E-state index contributed by atoms with van der Waals surface area (Å²) in [6, 6.07) is 14.0. The highest BCUT2D eigenvalue weighted by Crippen LogP contribution is 2.37. The number of hydrogen-bond acceptors (Lipinski definition) is 4. The van der Waals surface area contributed by atoms with E-state index in [9.17, 15) is 26.4 Å². The number of nitrogens with one attached hydrogen (secondary N) is 1. The summed E-state index contributed by atoms with van der Waals surface area (Å²) in [5.74, 6) is -0.340. The van der Waals surface area contributed by atoms with Gasteiger partial charge in [0, 0.05) is 31.0 Å². The van der Waals surface area contributed by atoms with Crippen LogP contribution in [0.5, 0.6) is 0 Å². The molecule has 0 aliphatic carbocycles. The molecule has 186 valence electrons. The van der Waals surface area contributed by atoms with Crippen LogP contribution in [0.25, 0.3) is 0 Å². The van der Waals surface area contributed by atoms with Gasteiger partial charge in [0.05, 0.1) is 22.5 Å². The first-order valence-electron chi connectivity index (χ1n) is 10.6. The Hall–Kier alpha value is -3.11. The van der Waals surface area contributed by atoms with E-state index in [-0.39, 0.29) is 31.0 Å². The van der Waals surface area contributed by atoms with E-state index >= 15 is 0 Å². The molecule has 0 radical (unpaired) electrons. The quantitative estimate of drug-likeness (QED) is 0.398. The third-order valence-electron chi connectivity index (χ3n) is 5.10. The van der Waals surface area contributed by atoms with Crippen molar-refractivity contribution < 1.29 is 26.4 Å². The number of pyridine rings is 1. The van der Waals surface area contributed by atoms with E-state index < -0.39 is 26.8 Å². The van der Waals surface area contributed by atoms with Crippen molar-refractivity contribution in [2.75, 3.05) is 22.4 Å². The molecule has 3 aromatic rings. The van der Waals surface area contributed by atoms with Gasteiger partial charge < -0.3 is 5.32 Å². The molecule has 0 atom stereocenters. The van der Waals surface area contributed by atoms with Gasteiger partial charge in [0.25, 0.3) is 0 Å². The van der Waals surface area contributed by atoms with Crippen LogP contribution < -0.4 is 9.62 Å². The highest BCUT2D eigenvalue weighted by atomic mass is 35.5. The third-order valence-corrected chi connectivity index (χ3v) is 6.63. The van der Waals surface area contributed by atoms with Gasteiger partial charge in [-0.3, -0.25) is 14.1 Å². The number of carbonyl (C=O) groups excluding carboxylic acids is 1. The van der Waals surface area contributed by atoms with Crippen LogP contribution in [0.1, 0.15) is 29.5 Å². The fourth-order valence-electron chi connectivity index (χ4n) is 3.42. The van der Waals surface area contributed by atoms with Gasteiger partial charge in [0.15, 0.2) is 0 Å². The molecular weight excluding hydrogens is 503 g/mol. The molecule has 0 saturated carbocycles. The second kappa shape index (κ2) is 11.1. The molecule has 0 aliphatic heterocycles. The molecule has 1 N–H and O–H groups in total. The molecule has 0 aliphatic rings. The molecular formula is C24H23ClF3N3O3S. The molecule has 1 heterocycles. The van der Waals surface area contributed by atoms with Crippen molar-refractivity contribution in [3.63, 3.8) is 0 Å². The topological polar surface area (TPSA) is 79.4 Å². The Kier molecular flexibility index (Phi) is 8.39. The Morgan fingerprint density at radius 2 is 1.66 bits per heavy atom. The van der Waals surface area contributed by atoms with Gasteiger partial charge in [0.1, 0.15) is 0 Å². The summed E-state index contributed by atoms with van der Waals surface area (Å²) in [4.78, 5) is 16.3. The van der Waals surface area contributed by atoms with Crippen LogP contribution in [0.2, 0.25) is 5.02 Å². The highest BCUT2D eigenvalue weighted by Gasteiger charge is 2.34. The van der Waals surface area contributed by atoms with E-state index in [1.165, 1.54) is 6.07 Å². The van der Waals surface area contributed by atoms with E-state index in [1.54, 1.807) is 24.5 Å². The van der Waals surface area contributed by atoms with Crippen molar-refractivity contribution in [3.8, 4) is 0 Å². The Morgan fingerprint density at radius 1 is 1.03 bits per heavy atom. The van der Waals surface area contributed by atoms with Gasteiger partial charge in [-0.2, -0.15) is 13.2 Å². The van der Waals surface area contributed by atoms with E-state index in [0.717, 1.165) is 34.2 Å². The summed E-state index contributed by atoms with van der Waals surface area (Å²) in [5, 5.41) is 2.21. The molecule has 0 spiro atoms. The molecule has 0 fully saturated rings. The van der Waals surface area contributed by atoms with Gasteiger partial charge in [-0.15, -0.1) is 0 Å². The number of rotatable bonds is 9. The van der Waals surface area contributed by atoms with Crippen LogP contribution in [-0.4, -0.2) is 32.1 Å². The first kappa shape index (κ1) is 26.5. The Bertz CT molecular complexity index is 1270. The van der Waals surface area contributed by atoms with Crippen molar-refractivity contribution in [3.05, 3.63) is 88.7 Å². The minimum Gasteiger partial charge on any atom is -0.326 e. The second-order valence-corrected chi connectivity index (χ2v) is 10.2. The van der Waals surface area contributed by atoms with Gasteiger partial charge in [-0.25, -0.2) is 8.42 Å². The predicted octanol–water partition coefficient (Wildman–Crippen LogP) is 5.53. The molecule has 0 saturated heterocycles. The summed E-state index contributed by atoms with van der Waals surface area (Å²) >= 11 is 5.63. The SMILES string of the molecule is CS(=O)(=O)N(CCCC(=O)Nc1ccc(Cc2ccncc2)cc1)c1ccc(Cl)c(C(F)(F)F)c1. The maximum Gasteiger partial charge on any atom is 0.417 e. The van der Waals surface area contributed by atoms with Crippen molar-refractivity contribution in [2.45, 2.75) is 25.4 Å². The van der Waals surface area contributed by atoms with Crippen LogP contribution in [0, 0.1) is 0 Å². The lowest BCUT2D eigenvalue weighted by Gasteiger charge is -2.23. The smallest absolute Gasteiger partial charge is 0.326 e. The lowest BCUT2D eigenvalue weighted by molar-refractivity contribution is -0.137. The number of nitrogens with zero attached hydrogens (tertiary/aromatic N) is 2. The van der Waals surface area contributed by atoms with Gasteiger partial charge in [0.2, 0.25) is 15.9 Å². The maximum absolute atomic E-state index is 13.2. The summed E-state index contributed by atoms with van der Waals surface area (Å²) in [7, 11) is -3.89. The predicted molar refractivity (Wildman–Crippen MR) is 130 cm³/mol. The van der Waals surface area contributed by atoms with Crippen molar-refractivity contribution in [1.29, 1.82) is 0 Å². The van der Waals surface area contributed by atoms with Crippen molar-refractivity contribution in [2.24, 2.45) is 0 Å². The monoisotopic (exact) mass is 525 g/mol. The molecule has 6 nitrogen and oxygen atoms in total. The van der Waals surface area contributed by atoms with Crippen molar-refractivity contribution >= 4 is 38.9 Å². The molecule has 3 rings (SSSR count). The molecule has 1 aromatic heterocycles. The number of alkyl halides is 3. The number of carbonyl (C=O) groups is 1. The van der Waals surface area contributed by atoms with Crippen LogP contribution in [0.4, 0.5) is 24.5 Å². The lowest BCUT2D eigenvalue weighted by Crippen LogP contribution is -2.31. The molecule has 11 heteroatoms. The average Bonchev–Trinajstić information content (AvgIpc) is 2.78. The number of anilines is 2. The van der Waals surface area contributed by atoms with E-state index in [4.69, 9.17) is 11.6 Å². The number of amides is 1. The standard InChI is InChI=1S/C24H23ClF3N3O3S/c1-35(33,34)31(20-8-9-22(25)21(16-20)24(26,27)28)14-2-3-23(32)30-19-6-4-17(5-7-19)15-18-10-12-29-13-11-18/h4-13,16H,2-3,14-15H2,1H3,(H,30,32). The van der Waals surface area contributed by atoms with Crippen molar-refractivity contribution in [1.82, 2.24) is 4.98 Å². The maximum atomic E-state index is 13.2. The zero-order valence-electron chi connectivity index (χ0n) is 18.7. The third kappa shape index (κ3) is 7.69. The zero-order valence-corrected chi connectivity index (χ0v) is 20.3. The minimum absolute atomic E-state index is 0.0233. The van der Waals surface area contributed by atoms with Crippen LogP contribution in [0.3, 0.4) is 0 Å². The highest BCUT2D eigenvalue weighted by molar-refractivity contribution is 7.92. The van der Waals surface area contributed by atoms with E-state index in [0.29, 0.717) is 11.8 Å². The molecule has 2 aromatic carbocycles. The first-order valence-corrected chi connectivity index (χ1v) is 12.8. The average molecular weight is 526 g/mol. The molecule has 0 bridgehead atoms. The number of aromatic nitrogens is 1. The lowest BCUT2D eigenvalue weighted by atomic mass is 10.1.